The van der Waals surface area contributed by atoms with Crippen molar-refractivity contribution in [2.75, 3.05) is 71.8 Å². The Bertz CT molecular complexity index is 4660. The third-order valence-electron chi connectivity index (χ3n) is 37.7. The summed E-state index contributed by atoms with van der Waals surface area (Å²) in [6.07, 6.45) is 40.3. The largest absolute Gasteiger partial charge is 0.457 e. The minimum Gasteiger partial charge on any atom is -0.457 e. The maximum Gasteiger partial charge on any atom is 0.377 e. The van der Waals surface area contributed by atoms with Crippen LogP contribution >= 0.6 is 0 Å². The zero-order chi connectivity index (χ0) is 99.6. The van der Waals surface area contributed by atoms with Gasteiger partial charge in [-0.1, -0.05) is 91.0 Å². The van der Waals surface area contributed by atoms with Crippen molar-refractivity contribution in [2.45, 2.75) is 351 Å². The number of carbonyl (C=O) groups is 9. The van der Waals surface area contributed by atoms with Crippen molar-refractivity contribution in [2.24, 2.45) is 122 Å². The fourth-order valence-corrected chi connectivity index (χ4v) is 41.0. The highest BCUT2D eigenvalue weighted by Crippen LogP contribution is 2.68. The van der Waals surface area contributed by atoms with Crippen LogP contribution < -0.4 is 0 Å². The van der Waals surface area contributed by atoms with Crippen LogP contribution in [0.2, 0.25) is 0 Å². The maximum atomic E-state index is 13.6. The molecule has 24 bridgehead atoms. The first-order valence-electron chi connectivity index (χ1n) is 54.6. The van der Waals surface area contributed by atoms with E-state index in [1.54, 1.807) is 6.92 Å². The second kappa shape index (κ2) is 42.4. The molecule has 3 aromatic rings. The van der Waals surface area contributed by atoms with E-state index in [9.17, 15) is 69.5 Å². The third kappa shape index (κ3) is 24.3. The molecule has 3 aliphatic heterocycles. The molecule has 8 unspecified atom stereocenters. The monoisotopic (exact) mass is 2030 g/mol. The number of halogens is 6. The lowest BCUT2D eigenvalue weighted by molar-refractivity contribution is -0.237. The molecule has 18 nitrogen and oxygen atoms in total. The second-order valence-electron chi connectivity index (χ2n) is 50.1. The lowest BCUT2D eigenvalue weighted by Crippen LogP contribution is -2.61. The van der Waals surface area contributed by atoms with E-state index in [1.807, 2.05) is 97.9 Å². The van der Waals surface area contributed by atoms with Gasteiger partial charge in [0.15, 0.2) is 36.6 Å². The van der Waals surface area contributed by atoms with Crippen LogP contribution in [0.5, 0.6) is 0 Å². The van der Waals surface area contributed by atoms with E-state index < -0.39 is 81.8 Å². The number of alkyl halides is 6. The minimum absolute atomic E-state index is 0.0259. The Morgan fingerprint density at radius 1 is 0.331 bits per heavy atom. The zero-order valence-corrected chi connectivity index (χ0v) is 86.9. The fourth-order valence-electron chi connectivity index (χ4n) is 34.3. The Kier molecular flexibility index (Phi) is 31.2. The summed E-state index contributed by atoms with van der Waals surface area (Å²) in [5.41, 5.74) is -0.973. The normalized spacial score (nSPS) is 38.4. The van der Waals surface area contributed by atoms with Gasteiger partial charge in [-0.2, -0.15) is 26.3 Å². The Morgan fingerprint density at radius 3 is 0.923 bits per heavy atom. The van der Waals surface area contributed by atoms with E-state index in [-0.39, 0.29) is 83.1 Å². The van der Waals surface area contributed by atoms with Gasteiger partial charge in [-0.05, 0) is 402 Å². The van der Waals surface area contributed by atoms with Crippen LogP contribution in [0.1, 0.15) is 329 Å². The topological polar surface area (TPSA) is 237 Å². The average Bonchev–Trinajstić information content (AvgIpc) is 0.743. The van der Waals surface area contributed by atoms with Crippen molar-refractivity contribution < 1.29 is 112 Å². The van der Waals surface area contributed by atoms with Crippen LogP contribution in [0.3, 0.4) is 0 Å². The number of ketones is 3. The number of esters is 6. The highest BCUT2D eigenvalue weighted by molar-refractivity contribution is 7.98. The standard InChI is InChI=1S/2C27H38F2O5.C25H34F2O5.3C12H15OS/c1-16(32-15-25-7-17-3-18(8-25)5-19(4-17)9-25)33-23(31)26-10-20-6-21(11-26)13-27(12-20,14-26)34-22(30)24(2,28)29;1-15(32-14-26-8-16-3-17(9-26)5-18(4-16)10-26)33-24(31)27-11-19-6-20(12-27)22(21(7-19)13-27)34-23(30)25(2,28)29;1-22(26,27)20(28)32-25-11-18-5-19(12-25)7-23(6-18,13-25)21(29)30-14-31-24-8-15-2-16(9-24)4-17(3-15)10-24;3*13-12(10-14-8-4-5-9-14)11-6-2-1-3-7-11/h16-21H,3-15H2,1-2H3;15-22H,3-14H2,1-2H3;15-19H,2-14H2,1H3;3*1-3,6-7H,4-5,8-10H2/q;;;3*+1. The van der Waals surface area contributed by atoms with Crippen molar-refractivity contribution in [3.05, 3.63) is 108 Å². The summed E-state index contributed by atoms with van der Waals surface area (Å²) in [4.78, 5) is 111. The molecule has 0 radical (unpaired) electrons. The van der Waals surface area contributed by atoms with Gasteiger partial charge in [-0.25, -0.2) is 14.4 Å². The molecule has 142 heavy (non-hydrogen) atoms. The Balaban J connectivity index is 0.000000113. The molecule has 3 aromatic carbocycles. The van der Waals surface area contributed by atoms with Gasteiger partial charge in [0.1, 0.15) is 51.8 Å². The highest BCUT2D eigenvalue weighted by Gasteiger charge is 2.68. The molecule has 0 spiro atoms. The molecule has 8 atom stereocenters. The summed E-state index contributed by atoms with van der Waals surface area (Å²) in [6.45, 7) is 6.64. The summed E-state index contributed by atoms with van der Waals surface area (Å²) in [5, 5.41) is 0. The number of hydrogen-bond acceptors (Lipinski definition) is 18. The van der Waals surface area contributed by atoms with E-state index >= 15 is 0 Å². The number of Topliss-reactive ketones (excluding diaryl/α,β-unsaturated/α-hetero) is 3. The summed E-state index contributed by atoms with van der Waals surface area (Å²) in [6, 6.07) is 29.0. The summed E-state index contributed by atoms with van der Waals surface area (Å²) in [7, 11) is 1.18. The van der Waals surface area contributed by atoms with Gasteiger partial charge in [0.05, 0.1) is 35.1 Å². The van der Waals surface area contributed by atoms with E-state index in [4.69, 9.17) is 42.6 Å². The van der Waals surface area contributed by atoms with Gasteiger partial charge in [0.2, 0.25) is 17.3 Å². The molecular weight excluding hydrogens is 1880 g/mol. The van der Waals surface area contributed by atoms with Crippen molar-refractivity contribution in [3.63, 3.8) is 0 Å². The quantitative estimate of drug-likeness (QED) is 0.0157. The van der Waals surface area contributed by atoms with Crippen LogP contribution in [-0.4, -0.2) is 178 Å². The molecule has 0 aromatic heterocycles. The van der Waals surface area contributed by atoms with E-state index in [0.29, 0.717) is 161 Å². The van der Waals surface area contributed by atoms with Crippen molar-refractivity contribution in [1.29, 1.82) is 0 Å². The first kappa shape index (κ1) is 105. The van der Waals surface area contributed by atoms with Gasteiger partial charge in [-0.3, -0.25) is 28.8 Å². The molecule has 24 aliphatic carbocycles. The molecule has 0 amide bonds. The third-order valence-corrected chi connectivity index (χ3v) is 44.9. The first-order chi connectivity index (χ1) is 67.6. The van der Waals surface area contributed by atoms with Gasteiger partial charge >= 0.3 is 53.6 Å². The molecule has 24 saturated carbocycles. The first-order valence-corrected chi connectivity index (χ1v) is 59.8. The number of hydrogen-bond donors (Lipinski definition) is 0. The van der Waals surface area contributed by atoms with Crippen LogP contribution in [-0.2, 0) is 104 Å². The smallest absolute Gasteiger partial charge is 0.377 e. The second-order valence-corrected chi connectivity index (χ2v) is 57.1. The van der Waals surface area contributed by atoms with Crippen LogP contribution in [0.4, 0.5) is 26.3 Å². The molecule has 27 fully saturated rings. The van der Waals surface area contributed by atoms with Crippen LogP contribution in [0, 0.1) is 122 Å². The molecule has 3 heterocycles. The molecule has 0 N–H and O–H groups in total. The number of rotatable bonds is 29. The summed E-state index contributed by atoms with van der Waals surface area (Å²) in [5.74, 6) is 3.69. The lowest BCUT2D eigenvalue weighted by Gasteiger charge is -2.60. The van der Waals surface area contributed by atoms with Crippen molar-refractivity contribution >= 4 is 85.9 Å². The van der Waals surface area contributed by atoms with E-state index in [0.717, 1.165) is 139 Å². The SMILES string of the molecule is CC(F)(F)C(=O)OC12CC3CC(C1)CC(C(=O)OCOC14CC5CC(CC(C5)C1)C4)(C3)C2.CC(OCC12CC3CC(CC(C3)C1)C2)OC(=O)C12CC3CC(C1)C(OC(=O)C(C)(F)F)C(C3)C2.CC(OCC12CC3CC(CC(C3)C1)C2)OC(=O)C12CC3CC(CC(OC(=O)C(C)(F)F)(C3)C1)C2.O=C(C[S+]1CCCC1)c1ccccc1.O=C(C[S+]1CCCC1)c1ccccc1.O=C(C[S+]1CCCC1)c1ccccc1. The average molecular weight is 2040 g/mol. The van der Waals surface area contributed by atoms with E-state index in [2.05, 4.69) is 0 Å². The zero-order valence-electron chi connectivity index (χ0n) is 84.4. The van der Waals surface area contributed by atoms with Crippen LogP contribution in [0.15, 0.2) is 91.0 Å². The Labute approximate surface area is 845 Å². The van der Waals surface area contributed by atoms with Gasteiger partial charge in [-0.15, -0.1) is 0 Å². The van der Waals surface area contributed by atoms with Gasteiger partial charge < -0.3 is 42.6 Å². The van der Waals surface area contributed by atoms with Gasteiger partial charge in [0.25, 0.3) is 0 Å². The van der Waals surface area contributed by atoms with Crippen molar-refractivity contribution in [3.8, 4) is 0 Å². The van der Waals surface area contributed by atoms with Crippen molar-refractivity contribution in [1.82, 2.24) is 0 Å². The Morgan fingerprint density at radius 2 is 0.606 bits per heavy atom. The molecule has 3 saturated heterocycles. The summed E-state index contributed by atoms with van der Waals surface area (Å²) >= 11 is 0. The maximum absolute atomic E-state index is 13.6. The highest BCUT2D eigenvalue weighted by atomic mass is 32.2. The number of carbonyl (C=O) groups excluding carboxylic acids is 9. The summed E-state index contributed by atoms with van der Waals surface area (Å²) < 4.78 is 133. The minimum atomic E-state index is -3.53. The molecular formula is C115H155F6O18S3+3. The Hall–Kier alpha value is -6.00. The lowest BCUT2D eigenvalue weighted by atomic mass is 9.48. The molecule has 780 valence electrons. The molecule has 30 rings (SSSR count). The predicted molar refractivity (Wildman–Crippen MR) is 533 cm³/mol. The van der Waals surface area contributed by atoms with Crippen LogP contribution in [0.25, 0.3) is 0 Å². The number of ether oxygens (including phenoxy) is 9. The molecule has 27 aliphatic rings. The van der Waals surface area contributed by atoms with E-state index in [1.165, 1.54) is 169 Å². The molecule has 27 heteroatoms. The number of benzene rings is 3. The van der Waals surface area contributed by atoms with Gasteiger partial charge in [0, 0.05) is 50.3 Å². The predicted octanol–water partition coefficient (Wildman–Crippen LogP) is 23.0. The fraction of sp³-hybridized carbons (Fsp3) is 0.765.